The number of nitrogens with one attached hydrogen (secondary N) is 1. The van der Waals surface area contributed by atoms with Crippen LogP contribution in [0, 0.1) is 24.2 Å². The molecule has 2 fully saturated rings. The van der Waals surface area contributed by atoms with E-state index >= 15 is 0 Å². The molecule has 0 radical (unpaired) electrons. The van der Waals surface area contributed by atoms with Crippen molar-refractivity contribution < 1.29 is 0 Å². The Morgan fingerprint density at radius 2 is 2.00 bits per heavy atom. The predicted octanol–water partition coefficient (Wildman–Crippen LogP) is 0.941. The zero-order valence-corrected chi connectivity index (χ0v) is 8.84. The Morgan fingerprint density at radius 3 is 2.57 bits per heavy atom. The van der Waals surface area contributed by atoms with Crippen molar-refractivity contribution in [3.05, 3.63) is 0 Å². The Kier molecular flexibility index (Phi) is 3.44. The first-order valence-electron chi connectivity index (χ1n) is 5.75. The van der Waals surface area contributed by atoms with E-state index in [9.17, 15) is 0 Å². The lowest BCUT2D eigenvalue weighted by atomic mass is 10.1. The number of nitrogens with zero attached hydrogens (tertiary/aromatic N) is 1. The summed E-state index contributed by atoms with van der Waals surface area (Å²) in [5.74, 6) is 4.57. The van der Waals surface area contributed by atoms with Crippen LogP contribution in [0.5, 0.6) is 0 Å². The summed E-state index contributed by atoms with van der Waals surface area (Å²) in [4.78, 5) is 2.47. The summed E-state index contributed by atoms with van der Waals surface area (Å²) < 4.78 is 0. The van der Waals surface area contributed by atoms with Crippen molar-refractivity contribution in [3.8, 4) is 12.3 Å². The first kappa shape index (κ1) is 10.0. The lowest BCUT2D eigenvalue weighted by Gasteiger charge is -2.22. The molecule has 1 saturated heterocycles. The minimum absolute atomic E-state index is 0.835. The van der Waals surface area contributed by atoms with E-state index in [1.807, 2.05) is 0 Å². The maximum absolute atomic E-state index is 5.39. The molecule has 0 amide bonds. The van der Waals surface area contributed by atoms with Crippen molar-refractivity contribution in [3.63, 3.8) is 0 Å². The van der Waals surface area contributed by atoms with Gasteiger partial charge in [-0.2, -0.15) is 0 Å². The lowest BCUT2D eigenvalue weighted by Crippen LogP contribution is -2.32. The number of terminal acetylenes is 1. The number of rotatable bonds is 5. The molecule has 1 heterocycles. The molecule has 2 aliphatic rings. The van der Waals surface area contributed by atoms with Crippen molar-refractivity contribution in [1.29, 1.82) is 0 Å². The smallest absolute Gasteiger partial charge is 0.0599 e. The van der Waals surface area contributed by atoms with Crippen LogP contribution in [0.3, 0.4) is 0 Å². The molecule has 0 bridgehead atoms. The molecule has 2 heteroatoms. The third-order valence-electron chi connectivity index (χ3n) is 3.21. The minimum Gasteiger partial charge on any atom is -0.316 e. The summed E-state index contributed by atoms with van der Waals surface area (Å²) in [5.41, 5.74) is 0. The third kappa shape index (κ3) is 3.01. The molecule has 0 aromatic heterocycles. The van der Waals surface area contributed by atoms with Gasteiger partial charge >= 0.3 is 0 Å². The summed E-state index contributed by atoms with van der Waals surface area (Å²) in [6.07, 6.45) is 9.56. The van der Waals surface area contributed by atoms with Crippen LogP contribution in [0.2, 0.25) is 0 Å². The second-order valence-electron chi connectivity index (χ2n) is 4.70. The summed E-state index contributed by atoms with van der Waals surface area (Å²) in [6.45, 7) is 5.66. The van der Waals surface area contributed by atoms with Crippen LogP contribution in [0.4, 0.5) is 0 Å². The standard InChI is InChI=1S/C12H20N2/c1-2-7-14(9-11-3-4-11)10-12-5-6-13-8-12/h1,11-13H,3-10H2. The predicted molar refractivity (Wildman–Crippen MR) is 59.0 cm³/mol. The van der Waals surface area contributed by atoms with E-state index in [2.05, 4.69) is 16.1 Å². The number of hydrogen-bond donors (Lipinski definition) is 1. The van der Waals surface area contributed by atoms with Gasteiger partial charge < -0.3 is 5.32 Å². The molecule has 1 unspecified atom stereocenters. The Hall–Kier alpha value is -0.520. The fraction of sp³-hybridized carbons (Fsp3) is 0.833. The van der Waals surface area contributed by atoms with E-state index in [1.165, 1.54) is 45.4 Å². The molecular weight excluding hydrogens is 172 g/mol. The molecule has 0 aromatic rings. The first-order chi connectivity index (χ1) is 6.88. The van der Waals surface area contributed by atoms with Crippen LogP contribution < -0.4 is 5.32 Å². The molecule has 0 aromatic carbocycles. The fourth-order valence-corrected chi connectivity index (χ4v) is 2.23. The van der Waals surface area contributed by atoms with Crippen molar-refractivity contribution in [2.24, 2.45) is 11.8 Å². The van der Waals surface area contributed by atoms with E-state index in [0.717, 1.165) is 18.4 Å². The van der Waals surface area contributed by atoms with Gasteiger partial charge in [-0.15, -0.1) is 6.42 Å². The van der Waals surface area contributed by atoms with E-state index < -0.39 is 0 Å². The Morgan fingerprint density at radius 1 is 1.21 bits per heavy atom. The van der Waals surface area contributed by atoms with Crippen LogP contribution in [0.25, 0.3) is 0 Å². The highest BCUT2D eigenvalue weighted by molar-refractivity contribution is 4.91. The SMILES string of the molecule is C#CCN(CC1CC1)CC1CCNC1. The quantitative estimate of drug-likeness (QED) is 0.652. The Bertz CT molecular complexity index is 209. The molecular formula is C12H20N2. The Labute approximate surface area is 87.1 Å². The van der Waals surface area contributed by atoms with Gasteiger partial charge in [0.05, 0.1) is 6.54 Å². The van der Waals surface area contributed by atoms with Crippen LogP contribution in [-0.2, 0) is 0 Å². The van der Waals surface area contributed by atoms with E-state index in [4.69, 9.17) is 6.42 Å². The molecule has 1 atom stereocenters. The second-order valence-corrected chi connectivity index (χ2v) is 4.70. The maximum atomic E-state index is 5.39. The zero-order valence-electron chi connectivity index (χ0n) is 8.84. The molecule has 1 saturated carbocycles. The monoisotopic (exact) mass is 192 g/mol. The van der Waals surface area contributed by atoms with Gasteiger partial charge in [0, 0.05) is 13.1 Å². The van der Waals surface area contributed by atoms with E-state index in [0.29, 0.717) is 0 Å². The Balaban J connectivity index is 1.73. The fourth-order valence-electron chi connectivity index (χ4n) is 2.23. The first-order valence-corrected chi connectivity index (χ1v) is 5.75. The third-order valence-corrected chi connectivity index (χ3v) is 3.21. The van der Waals surface area contributed by atoms with Gasteiger partial charge in [-0.05, 0) is 44.2 Å². The maximum Gasteiger partial charge on any atom is 0.0599 e. The van der Waals surface area contributed by atoms with Crippen LogP contribution >= 0.6 is 0 Å². The molecule has 1 aliphatic carbocycles. The van der Waals surface area contributed by atoms with Crippen molar-refractivity contribution in [2.45, 2.75) is 19.3 Å². The number of hydrogen-bond acceptors (Lipinski definition) is 2. The van der Waals surface area contributed by atoms with Gasteiger partial charge in [0.25, 0.3) is 0 Å². The van der Waals surface area contributed by atoms with Gasteiger partial charge in [0.15, 0.2) is 0 Å². The molecule has 0 spiro atoms. The zero-order chi connectivity index (χ0) is 9.80. The molecule has 1 aliphatic heterocycles. The molecule has 2 rings (SSSR count). The van der Waals surface area contributed by atoms with Gasteiger partial charge in [-0.1, -0.05) is 5.92 Å². The van der Waals surface area contributed by atoms with Crippen LogP contribution in [-0.4, -0.2) is 37.6 Å². The average Bonchev–Trinajstić information content (AvgIpc) is 2.81. The van der Waals surface area contributed by atoms with E-state index in [1.54, 1.807) is 0 Å². The molecule has 1 N–H and O–H groups in total. The highest BCUT2D eigenvalue weighted by Gasteiger charge is 2.25. The largest absolute Gasteiger partial charge is 0.316 e. The summed E-state index contributed by atoms with van der Waals surface area (Å²) in [7, 11) is 0. The van der Waals surface area contributed by atoms with Gasteiger partial charge in [-0.3, -0.25) is 4.90 Å². The molecule has 78 valence electrons. The van der Waals surface area contributed by atoms with Gasteiger partial charge in [0.2, 0.25) is 0 Å². The van der Waals surface area contributed by atoms with Crippen molar-refractivity contribution in [1.82, 2.24) is 10.2 Å². The molecule has 14 heavy (non-hydrogen) atoms. The normalized spacial score (nSPS) is 26.7. The van der Waals surface area contributed by atoms with Crippen LogP contribution in [0.15, 0.2) is 0 Å². The van der Waals surface area contributed by atoms with E-state index in [-0.39, 0.29) is 0 Å². The van der Waals surface area contributed by atoms with Crippen LogP contribution in [0.1, 0.15) is 19.3 Å². The lowest BCUT2D eigenvalue weighted by molar-refractivity contribution is 0.254. The van der Waals surface area contributed by atoms with Gasteiger partial charge in [-0.25, -0.2) is 0 Å². The highest BCUT2D eigenvalue weighted by Crippen LogP contribution is 2.30. The minimum atomic E-state index is 0.835. The summed E-state index contributed by atoms with van der Waals surface area (Å²) >= 11 is 0. The topological polar surface area (TPSA) is 15.3 Å². The summed E-state index contributed by atoms with van der Waals surface area (Å²) in [5, 5.41) is 3.41. The summed E-state index contributed by atoms with van der Waals surface area (Å²) in [6, 6.07) is 0. The highest BCUT2D eigenvalue weighted by atomic mass is 15.1. The van der Waals surface area contributed by atoms with Crippen molar-refractivity contribution in [2.75, 3.05) is 32.7 Å². The molecule has 2 nitrogen and oxygen atoms in total. The van der Waals surface area contributed by atoms with Crippen molar-refractivity contribution >= 4 is 0 Å². The second kappa shape index (κ2) is 4.82. The van der Waals surface area contributed by atoms with Gasteiger partial charge in [0.1, 0.15) is 0 Å². The average molecular weight is 192 g/mol.